The highest BCUT2D eigenvalue weighted by Gasteiger charge is 2.67. The van der Waals surface area contributed by atoms with Crippen LogP contribution in [0.5, 0.6) is 11.5 Å². The lowest BCUT2D eigenvalue weighted by molar-refractivity contribution is -0.387. The standard InChI is InChI=1S/C57H74IN5O15S2/c1-8-56(7,51(52(67)59-33-46(65)77-54(2,3)4)61-80(73,74)44-27-19-18-26-42(44)63(69)70)78-50-43(75-34-37-20-12-9-13-21-37)29-28-41(47(50)58)49(66)48(60-36-64)53(68)76-45-32-38-30-31-57(45,55(38,5)6)35-79(71,72)62(39-22-14-10-15-23-39)40-24-16-11-17-25-40/h1,9,12-13,18-21,26-29,36,38-40,45,48-49,51,61,66H,10-11,14-17,22-25,30-35H2,2-7H3,(H,59,67)(H,60,64)/t38-,45-,48+,49-,51-,56-,57-/m1/s1. The first-order valence-corrected chi connectivity index (χ1v) is 31.4. The maximum atomic E-state index is 15.2. The van der Waals surface area contributed by atoms with Gasteiger partial charge in [0, 0.05) is 29.1 Å². The molecule has 436 valence electrons. The third-order valence-corrected chi connectivity index (χ3v) is 21.3. The number of aliphatic hydroxyl groups excluding tert-OH is 1. The van der Waals surface area contributed by atoms with Gasteiger partial charge in [0.25, 0.3) is 5.69 Å². The topological polar surface area (TPSA) is 276 Å². The smallest absolute Gasteiger partial charge is 0.332 e. The molecule has 4 aliphatic rings. The Labute approximate surface area is 482 Å². The summed E-state index contributed by atoms with van der Waals surface area (Å²) >= 11 is 1.79. The van der Waals surface area contributed by atoms with Crippen LogP contribution in [0.15, 0.2) is 71.6 Å². The van der Waals surface area contributed by atoms with Crippen LogP contribution in [-0.2, 0) is 55.3 Å². The largest absolute Gasteiger partial charge is 0.485 e. The minimum Gasteiger partial charge on any atom is -0.485 e. The average Bonchev–Trinajstić information content (AvgIpc) is 3.76. The molecule has 80 heavy (non-hydrogen) atoms. The number of carbonyl (C=O) groups is 4. The van der Waals surface area contributed by atoms with Crippen molar-refractivity contribution in [3.05, 3.63) is 91.5 Å². The fourth-order valence-electron chi connectivity index (χ4n) is 12.3. The van der Waals surface area contributed by atoms with Crippen LogP contribution in [-0.4, -0.2) is 109 Å². The molecule has 4 aliphatic carbocycles. The van der Waals surface area contributed by atoms with Crippen LogP contribution in [0, 0.1) is 42.8 Å². The molecule has 0 saturated heterocycles. The van der Waals surface area contributed by atoms with Crippen LogP contribution in [0.3, 0.4) is 0 Å². The fraction of sp³-hybridized carbons (Fsp3) is 0.579. The zero-order chi connectivity index (χ0) is 58.4. The Morgan fingerprint density at radius 1 is 0.925 bits per heavy atom. The first-order valence-electron chi connectivity index (χ1n) is 27.2. The molecule has 7 atom stereocenters. The summed E-state index contributed by atoms with van der Waals surface area (Å²) in [6.45, 7) is 9.17. The van der Waals surface area contributed by atoms with E-state index in [-0.39, 0.29) is 57.4 Å². The molecule has 0 heterocycles. The molecule has 4 saturated carbocycles. The van der Waals surface area contributed by atoms with E-state index in [2.05, 4.69) is 21.3 Å². The lowest BCUT2D eigenvalue weighted by Crippen LogP contribution is -2.61. The number of nitro groups is 1. The highest BCUT2D eigenvalue weighted by atomic mass is 127. The second kappa shape index (κ2) is 25.4. The van der Waals surface area contributed by atoms with E-state index in [9.17, 15) is 42.8 Å². The number of aliphatic hydroxyl groups is 1. The van der Waals surface area contributed by atoms with Crippen LogP contribution in [0.4, 0.5) is 5.69 Å². The van der Waals surface area contributed by atoms with E-state index in [0.29, 0.717) is 18.4 Å². The Morgan fingerprint density at radius 3 is 2.11 bits per heavy atom. The van der Waals surface area contributed by atoms with Gasteiger partial charge in [-0.05, 0) is 124 Å². The first-order chi connectivity index (χ1) is 37.7. The predicted octanol–water partition coefficient (Wildman–Crippen LogP) is 7.54. The molecular weight excluding hydrogens is 1190 g/mol. The second-order valence-electron chi connectivity index (χ2n) is 23.2. The van der Waals surface area contributed by atoms with Crippen molar-refractivity contribution < 1.29 is 65.0 Å². The summed E-state index contributed by atoms with van der Waals surface area (Å²) in [7, 11) is -8.96. The van der Waals surface area contributed by atoms with Crippen molar-refractivity contribution in [1.82, 2.24) is 19.7 Å². The number of hydrogen-bond donors (Lipinski definition) is 4. The lowest BCUT2D eigenvalue weighted by Gasteiger charge is -2.46. The van der Waals surface area contributed by atoms with Crippen molar-refractivity contribution in [3.63, 3.8) is 0 Å². The molecule has 2 amide bonds. The molecule has 4 fully saturated rings. The van der Waals surface area contributed by atoms with Crippen LogP contribution in [0.1, 0.15) is 142 Å². The SMILES string of the molecule is C#C[C@@](C)(Oc1c(OCc2ccccc2)ccc([C@@H](O)[C@H](NC=O)C(=O)O[C@@H]2C[C@H]3CC[C@]2(CS(=O)(=O)N(C2CCCCC2)C2CCCCC2)C3(C)C)c1I)[C@H](NS(=O)(=O)c1ccccc1[N+](=O)[O-])C(=O)NCC(=O)OC(C)(C)C. The minimum absolute atomic E-state index is 0.00348. The minimum atomic E-state index is -5.04. The molecule has 0 spiro atoms. The summed E-state index contributed by atoms with van der Waals surface area (Å²) in [4.78, 5) is 64.8. The monoisotopic (exact) mass is 1260 g/mol. The molecule has 0 radical (unpaired) electrons. The summed E-state index contributed by atoms with van der Waals surface area (Å²) in [5, 5.41) is 29.2. The zero-order valence-corrected chi connectivity index (χ0v) is 49.9. The summed E-state index contributed by atoms with van der Waals surface area (Å²) in [6, 6.07) is 11.9. The van der Waals surface area contributed by atoms with Crippen molar-refractivity contribution in [1.29, 1.82) is 0 Å². The molecule has 4 N–H and O–H groups in total. The lowest BCUT2D eigenvalue weighted by atomic mass is 9.69. The number of fused-ring (bicyclic) bond motifs is 2. The number of benzene rings is 3. The van der Waals surface area contributed by atoms with Crippen molar-refractivity contribution >= 4 is 72.6 Å². The number of nitrogens with one attached hydrogen (secondary N) is 3. The molecule has 2 bridgehead atoms. The third kappa shape index (κ3) is 13.7. The van der Waals surface area contributed by atoms with E-state index in [1.165, 1.54) is 24.3 Å². The molecular formula is C57H74IN5O15S2. The maximum absolute atomic E-state index is 15.2. The van der Waals surface area contributed by atoms with E-state index in [0.717, 1.165) is 89.7 Å². The van der Waals surface area contributed by atoms with Gasteiger partial charge in [0.2, 0.25) is 32.4 Å². The summed E-state index contributed by atoms with van der Waals surface area (Å²) in [5.74, 6) is -1.37. The Balaban J connectivity index is 1.24. The Morgan fingerprint density at radius 2 is 1.54 bits per heavy atom. The molecule has 3 aromatic rings. The highest BCUT2D eigenvalue weighted by Crippen LogP contribution is 2.67. The number of halogens is 1. The van der Waals surface area contributed by atoms with Gasteiger partial charge in [-0.25, -0.2) is 21.6 Å². The van der Waals surface area contributed by atoms with Crippen molar-refractivity contribution in [3.8, 4) is 23.8 Å². The van der Waals surface area contributed by atoms with Crippen molar-refractivity contribution in [2.45, 2.75) is 184 Å². The molecule has 0 aromatic heterocycles. The van der Waals surface area contributed by atoms with Crippen LogP contribution in [0.2, 0.25) is 0 Å². The Kier molecular flexibility index (Phi) is 19.8. The number of nitro benzene ring substituents is 1. The van der Waals surface area contributed by atoms with Gasteiger partial charge in [0.1, 0.15) is 31.0 Å². The fourth-order valence-corrected chi connectivity index (χ4v) is 17.5. The van der Waals surface area contributed by atoms with E-state index in [1.54, 1.807) is 73.7 Å². The normalized spacial score (nSPS) is 22.4. The van der Waals surface area contributed by atoms with Crippen LogP contribution in [0.25, 0.3) is 0 Å². The van der Waals surface area contributed by atoms with E-state index >= 15 is 8.42 Å². The Bertz CT molecular complexity index is 3010. The number of amides is 2. The average molecular weight is 1260 g/mol. The molecule has 3 aromatic carbocycles. The highest BCUT2D eigenvalue weighted by molar-refractivity contribution is 14.1. The van der Waals surface area contributed by atoms with Gasteiger partial charge in [0.05, 0.1) is 14.2 Å². The third-order valence-electron chi connectivity index (χ3n) is 16.6. The quantitative estimate of drug-likeness (QED) is 0.0168. The molecule has 23 heteroatoms. The number of hydrogen-bond acceptors (Lipinski definition) is 15. The number of ether oxygens (including phenoxy) is 4. The van der Waals surface area contributed by atoms with Gasteiger partial charge < -0.3 is 34.7 Å². The number of sulfonamides is 2. The molecule has 0 aliphatic heterocycles. The second-order valence-corrected chi connectivity index (χ2v) is 27.8. The van der Waals surface area contributed by atoms with Gasteiger partial charge in [0.15, 0.2) is 34.1 Å². The summed E-state index contributed by atoms with van der Waals surface area (Å²) in [6.07, 6.45) is 14.3. The summed E-state index contributed by atoms with van der Waals surface area (Å²) < 4.78 is 87.4. The van der Waals surface area contributed by atoms with Gasteiger partial charge in [-0.15, -0.1) is 6.42 Å². The molecule has 0 unspecified atom stereocenters. The number of esters is 2. The number of terminal acetylenes is 1. The molecule has 20 nitrogen and oxygen atoms in total. The van der Waals surface area contributed by atoms with E-state index in [1.807, 2.05) is 18.2 Å². The zero-order valence-electron chi connectivity index (χ0n) is 46.1. The van der Waals surface area contributed by atoms with Crippen LogP contribution >= 0.6 is 22.6 Å². The number of para-hydroxylation sites is 1. The first kappa shape index (κ1) is 62.2. The summed E-state index contributed by atoms with van der Waals surface area (Å²) in [5.41, 5.74) is -5.19. The number of carbonyl (C=O) groups excluding carboxylic acids is 4. The van der Waals surface area contributed by atoms with Gasteiger partial charge in [-0.3, -0.25) is 24.5 Å². The molecule has 7 rings (SSSR count). The van der Waals surface area contributed by atoms with Crippen LogP contribution < -0.4 is 24.8 Å². The van der Waals surface area contributed by atoms with Crippen molar-refractivity contribution in [2.75, 3.05) is 12.3 Å². The van der Waals surface area contributed by atoms with E-state index < -0.39 is 106 Å². The van der Waals surface area contributed by atoms with Gasteiger partial charge in [-0.1, -0.05) is 107 Å². The predicted molar refractivity (Wildman–Crippen MR) is 305 cm³/mol. The maximum Gasteiger partial charge on any atom is 0.332 e. The van der Waals surface area contributed by atoms with Gasteiger partial charge in [-0.2, -0.15) is 9.03 Å². The number of nitrogens with zero attached hydrogens (tertiary/aromatic N) is 2. The van der Waals surface area contributed by atoms with E-state index in [4.69, 9.17) is 25.4 Å². The Hall–Kier alpha value is -5.39. The van der Waals surface area contributed by atoms with Crippen molar-refractivity contribution in [2.24, 2.45) is 16.7 Å². The number of rotatable bonds is 24. The van der Waals surface area contributed by atoms with Gasteiger partial charge >= 0.3 is 11.9 Å².